The molecule has 118 valence electrons. The van der Waals surface area contributed by atoms with Crippen molar-refractivity contribution in [3.63, 3.8) is 0 Å². The van der Waals surface area contributed by atoms with Gasteiger partial charge in [-0.25, -0.2) is 4.98 Å². The topological polar surface area (TPSA) is 33.6 Å². The number of hydrogen-bond donors (Lipinski definition) is 1. The molecule has 23 heavy (non-hydrogen) atoms. The van der Waals surface area contributed by atoms with Crippen LogP contribution in [0.5, 0.6) is 0 Å². The number of aromatic nitrogens is 3. The molecule has 4 rings (SSSR count). The Bertz CT molecular complexity index is 766. The molecule has 1 fully saturated rings. The molecule has 2 heterocycles. The number of rotatable bonds is 3. The Kier molecular flexibility index (Phi) is 4.08. The van der Waals surface area contributed by atoms with E-state index < -0.39 is 0 Å². The molecule has 4 heteroatoms. The van der Waals surface area contributed by atoms with Crippen LogP contribution in [-0.4, -0.2) is 14.5 Å². The van der Waals surface area contributed by atoms with Crippen molar-refractivity contribution in [3.05, 3.63) is 53.5 Å². The lowest BCUT2D eigenvalue weighted by molar-refractivity contribution is 0.355. The number of aromatic amines is 1. The van der Waals surface area contributed by atoms with E-state index in [1.165, 1.54) is 48.9 Å². The van der Waals surface area contributed by atoms with E-state index in [1.807, 2.05) is 12.5 Å². The summed E-state index contributed by atoms with van der Waals surface area (Å²) in [6, 6.07) is 11.1. The lowest BCUT2D eigenvalue weighted by Gasteiger charge is -2.25. The fourth-order valence-electron chi connectivity index (χ4n) is 3.57. The van der Waals surface area contributed by atoms with Gasteiger partial charge in [0.2, 0.25) is 0 Å². The molecule has 0 bridgehead atoms. The molecular weight excluding hydrogens is 350 g/mol. The molecular formula is C19H20BrN3. The van der Waals surface area contributed by atoms with Crippen LogP contribution in [-0.2, 0) is 0 Å². The number of nitrogens with one attached hydrogen (secondary N) is 1. The Labute approximate surface area is 144 Å². The fourth-order valence-corrected chi connectivity index (χ4v) is 3.84. The first-order valence-corrected chi connectivity index (χ1v) is 9.08. The van der Waals surface area contributed by atoms with E-state index in [2.05, 4.69) is 62.0 Å². The van der Waals surface area contributed by atoms with Gasteiger partial charge in [-0.2, -0.15) is 0 Å². The Hall–Kier alpha value is -1.81. The molecule has 2 aromatic heterocycles. The molecule has 1 aliphatic rings. The minimum absolute atomic E-state index is 0.574. The Morgan fingerprint density at radius 3 is 2.48 bits per heavy atom. The highest BCUT2D eigenvalue weighted by molar-refractivity contribution is 9.10. The zero-order chi connectivity index (χ0) is 15.6. The number of nitrogens with zero attached hydrogens (tertiary/aromatic N) is 2. The van der Waals surface area contributed by atoms with Crippen molar-refractivity contribution in [1.82, 2.24) is 14.5 Å². The summed E-state index contributed by atoms with van der Waals surface area (Å²) in [7, 11) is 0. The van der Waals surface area contributed by atoms with Gasteiger partial charge in [-0.3, -0.25) is 0 Å². The van der Waals surface area contributed by atoms with Crippen LogP contribution in [0.2, 0.25) is 0 Å². The molecule has 0 aliphatic heterocycles. The van der Waals surface area contributed by atoms with Crippen LogP contribution in [0.15, 0.2) is 53.5 Å². The highest BCUT2D eigenvalue weighted by atomic mass is 79.9. The molecule has 3 nitrogen and oxygen atoms in total. The third-order valence-corrected chi connectivity index (χ3v) is 5.28. The van der Waals surface area contributed by atoms with Gasteiger partial charge in [0.05, 0.1) is 17.7 Å². The van der Waals surface area contributed by atoms with Crippen LogP contribution in [0, 0.1) is 0 Å². The van der Waals surface area contributed by atoms with Crippen LogP contribution < -0.4 is 0 Å². The maximum atomic E-state index is 4.78. The Morgan fingerprint density at radius 1 is 1.00 bits per heavy atom. The summed E-state index contributed by atoms with van der Waals surface area (Å²) < 4.78 is 3.50. The van der Waals surface area contributed by atoms with Crippen molar-refractivity contribution in [2.24, 2.45) is 0 Å². The number of H-pyrrole nitrogens is 1. The summed E-state index contributed by atoms with van der Waals surface area (Å²) in [4.78, 5) is 7.97. The molecule has 0 unspecified atom stereocenters. The van der Waals surface area contributed by atoms with E-state index in [0.29, 0.717) is 6.04 Å². The zero-order valence-corrected chi connectivity index (χ0v) is 14.6. The van der Waals surface area contributed by atoms with Crippen molar-refractivity contribution < 1.29 is 0 Å². The average Bonchev–Trinajstić information content (AvgIpc) is 3.25. The molecule has 0 saturated heterocycles. The molecule has 0 amide bonds. The Balaban J connectivity index is 1.83. The quantitative estimate of drug-likeness (QED) is 0.620. The third kappa shape index (κ3) is 2.88. The first-order chi connectivity index (χ1) is 11.3. The van der Waals surface area contributed by atoms with Crippen molar-refractivity contribution in [3.8, 4) is 22.5 Å². The zero-order valence-electron chi connectivity index (χ0n) is 13.0. The van der Waals surface area contributed by atoms with Gasteiger partial charge in [0.25, 0.3) is 0 Å². The minimum Gasteiger partial charge on any atom is -0.367 e. The van der Waals surface area contributed by atoms with Crippen LogP contribution >= 0.6 is 15.9 Å². The van der Waals surface area contributed by atoms with Crippen molar-refractivity contribution in [2.75, 3.05) is 0 Å². The van der Waals surface area contributed by atoms with Crippen LogP contribution in [0.1, 0.15) is 38.1 Å². The summed E-state index contributed by atoms with van der Waals surface area (Å²) in [5, 5.41) is 0. The van der Waals surface area contributed by atoms with E-state index in [9.17, 15) is 0 Å². The summed E-state index contributed by atoms with van der Waals surface area (Å²) in [6.45, 7) is 0. The highest BCUT2D eigenvalue weighted by Gasteiger charge is 2.22. The van der Waals surface area contributed by atoms with Gasteiger partial charge in [0, 0.05) is 34.0 Å². The number of imidazole rings is 1. The maximum Gasteiger partial charge on any atom is 0.0963 e. The van der Waals surface area contributed by atoms with Gasteiger partial charge < -0.3 is 9.55 Å². The van der Waals surface area contributed by atoms with Crippen LogP contribution in [0.25, 0.3) is 22.5 Å². The van der Waals surface area contributed by atoms with E-state index in [4.69, 9.17) is 4.98 Å². The first kappa shape index (κ1) is 14.8. The van der Waals surface area contributed by atoms with Crippen molar-refractivity contribution in [1.29, 1.82) is 0 Å². The molecule has 1 aromatic carbocycles. The van der Waals surface area contributed by atoms with Crippen molar-refractivity contribution >= 4 is 15.9 Å². The third-order valence-electron chi connectivity index (χ3n) is 4.75. The number of benzene rings is 1. The largest absolute Gasteiger partial charge is 0.367 e. The smallest absolute Gasteiger partial charge is 0.0963 e. The van der Waals surface area contributed by atoms with E-state index in [0.717, 1.165) is 10.2 Å². The van der Waals surface area contributed by atoms with E-state index in [-0.39, 0.29) is 0 Å². The molecule has 3 aromatic rings. The van der Waals surface area contributed by atoms with Gasteiger partial charge in [-0.15, -0.1) is 0 Å². The summed E-state index contributed by atoms with van der Waals surface area (Å²) >= 11 is 3.51. The summed E-state index contributed by atoms with van der Waals surface area (Å²) in [5.41, 5.74) is 4.69. The summed E-state index contributed by atoms with van der Waals surface area (Å²) in [6.07, 6.45) is 12.6. The van der Waals surface area contributed by atoms with Gasteiger partial charge in [-0.05, 0) is 31.0 Å². The molecule has 1 N–H and O–H groups in total. The van der Waals surface area contributed by atoms with Gasteiger partial charge in [-0.1, -0.05) is 47.3 Å². The lowest BCUT2D eigenvalue weighted by atomic mass is 9.94. The standard InChI is InChI=1S/C19H20BrN3/c20-16-8-6-14(7-9-16)18-19(15-10-11-21-12-15)23(13-22-18)17-4-2-1-3-5-17/h6-13,17,21H,1-5H2. The SMILES string of the molecule is Brc1ccc(-c2ncn(C3CCCCC3)c2-c2cc[nH]c2)cc1. The first-order valence-electron chi connectivity index (χ1n) is 8.29. The molecule has 1 aliphatic carbocycles. The lowest BCUT2D eigenvalue weighted by Crippen LogP contribution is -2.13. The fraction of sp³-hybridized carbons (Fsp3) is 0.316. The van der Waals surface area contributed by atoms with Crippen LogP contribution in [0.3, 0.4) is 0 Å². The average molecular weight is 370 g/mol. The Morgan fingerprint density at radius 2 is 1.78 bits per heavy atom. The molecule has 0 radical (unpaired) electrons. The molecule has 1 saturated carbocycles. The predicted octanol–water partition coefficient (Wildman–Crippen LogP) is 5.81. The maximum absolute atomic E-state index is 4.78. The molecule has 0 atom stereocenters. The van der Waals surface area contributed by atoms with Gasteiger partial charge in [0.15, 0.2) is 0 Å². The summed E-state index contributed by atoms with van der Waals surface area (Å²) in [5.74, 6) is 0. The van der Waals surface area contributed by atoms with E-state index >= 15 is 0 Å². The normalized spacial score (nSPS) is 15.9. The monoisotopic (exact) mass is 369 g/mol. The number of hydrogen-bond acceptors (Lipinski definition) is 1. The van der Waals surface area contributed by atoms with Gasteiger partial charge in [0.1, 0.15) is 0 Å². The number of halogens is 1. The molecule has 0 spiro atoms. The highest BCUT2D eigenvalue weighted by Crippen LogP contribution is 2.37. The second kappa shape index (κ2) is 6.36. The van der Waals surface area contributed by atoms with Crippen molar-refractivity contribution in [2.45, 2.75) is 38.1 Å². The van der Waals surface area contributed by atoms with Crippen LogP contribution in [0.4, 0.5) is 0 Å². The second-order valence-electron chi connectivity index (χ2n) is 6.25. The van der Waals surface area contributed by atoms with E-state index in [1.54, 1.807) is 0 Å². The second-order valence-corrected chi connectivity index (χ2v) is 7.16. The van der Waals surface area contributed by atoms with Gasteiger partial charge >= 0.3 is 0 Å². The minimum atomic E-state index is 0.574. The predicted molar refractivity (Wildman–Crippen MR) is 97.3 cm³/mol.